The second-order valence-corrected chi connectivity index (χ2v) is 4.81. The molecule has 0 bridgehead atoms. The molecule has 98 valence electrons. The SMILES string of the molecule is Cc1ccc(C(C)NCc2coc3ccccc23)o1. The molecule has 0 aliphatic rings. The van der Waals surface area contributed by atoms with Crippen LogP contribution in [0.5, 0.6) is 0 Å². The molecule has 1 atom stereocenters. The van der Waals surface area contributed by atoms with Gasteiger partial charge in [-0.15, -0.1) is 0 Å². The normalized spacial score (nSPS) is 12.9. The van der Waals surface area contributed by atoms with Crippen LogP contribution in [0.1, 0.15) is 30.0 Å². The predicted octanol–water partition coefficient (Wildman–Crippen LogP) is 4.19. The van der Waals surface area contributed by atoms with Crippen LogP contribution in [0.4, 0.5) is 0 Å². The van der Waals surface area contributed by atoms with Gasteiger partial charge in [-0.25, -0.2) is 0 Å². The van der Waals surface area contributed by atoms with E-state index in [9.17, 15) is 0 Å². The molecule has 3 rings (SSSR count). The summed E-state index contributed by atoms with van der Waals surface area (Å²) < 4.78 is 11.1. The van der Waals surface area contributed by atoms with Crippen molar-refractivity contribution in [2.24, 2.45) is 0 Å². The molecule has 2 aromatic heterocycles. The Bertz CT molecular complexity index is 681. The van der Waals surface area contributed by atoms with Crippen LogP contribution in [0.25, 0.3) is 11.0 Å². The topological polar surface area (TPSA) is 38.3 Å². The zero-order valence-corrected chi connectivity index (χ0v) is 11.1. The number of hydrogen-bond acceptors (Lipinski definition) is 3. The third-order valence-electron chi connectivity index (χ3n) is 3.35. The fraction of sp³-hybridized carbons (Fsp3) is 0.250. The molecule has 0 saturated heterocycles. The van der Waals surface area contributed by atoms with E-state index in [1.807, 2.05) is 43.5 Å². The Balaban J connectivity index is 1.72. The Hall–Kier alpha value is -2.00. The number of furan rings is 2. The Morgan fingerprint density at radius 2 is 2.00 bits per heavy atom. The molecular formula is C16H17NO2. The number of aryl methyl sites for hydroxylation is 1. The van der Waals surface area contributed by atoms with Crippen LogP contribution in [0.15, 0.2) is 51.5 Å². The molecule has 19 heavy (non-hydrogen) atoms. The van der Waals surface area contributed by atoms with Crippen molar-refractivity contribution < 1.29 is 8.83 Å². The molecule has 2 heterocycles. The lowest BCUT2D eigenvalue weighted by Crippen LogP contribution is -2.17. The van der Waals surface area contributed by atoms with Crippen LogP contribution < -0.4 is 5.32 Å². The van der Waals surface area contributed by atoms with Crippen LogP contribution >= 0.6 is 0 Å². The fourth-order valence-corrected chi connectivity index (χ4v) is 2.22. The molecule has 0 fully saturated rings. The molecule has 0 amide bonds. The largest absolute Gasteiger partial charge is 0.465 e. The number of hydrogen-bond donors (Lipinski definition) is 1. The molecule has 3 aromatic rings. The van der Waals surface area contributed by atoms with Crippen molar-refractivity contribution in [1.29, 1.82) is 0 Å². The van der Waals surface area contributed by atoms with Gasteiger partial charge in [0.1, 0.15) is 17.1 Å². The molecule has 1 unspecified atom stereocenters. The summed E-state index contributed by atoms with van der Waals surface area (Å²) in [6.07, 6.45) is 1.82. The van der Waals surface area contributed by atoms with Crippen molar-refractivity contribution in [3.05, 3.63) is 59.7 Å². The van der Waals surface area contributed by atoms with Crippen molar-refractivity contribution >= 4 is 11.0 Å². The predicted molar refractivity (Wildman–Crippen MR) is 74.9 cm³/mol. The van der Waals surface area contributed by atoms with Crippen LogP contribution in [0, 0.1) is 6.92 Å². The zero-order chi connectivity index (χ0) is 13.2. The van der Waals surface area contributed by atoms with E-state index in [0.717, 1.165) is 29.0 Å². The summed E-state index contributed by atoms with van der Waals surface area (Å²) in [6.45, 7) is 4.82. The van der Waals surface area contributed by atoms with Crippen molar-refractivity contribution in [1.82, 2.24) is 5.32 Å². The second kappa shape index (κ2) is 4.94. The van der Waals surface area contributed by atoms with Crippen LogP contribution in [-0.4, -0.2) is 0 Å². The highest BCUT2D eigenvalue weighted by Crippen LogP contribution is 2.22. The van der Waals surface area contributed by atoms with Gasteiger partial charge in [-0.3, -0.25) is 0 Å². The summed E-state index contributed by atoms with van der Waals surface area (Å²) in [5, 5.41) is 4.62. The van der Waals surface area contributed by atoms with Gasteiger partial charge in [0.2, 0.25) is 0 Å². The first-order chi connectivity index (χ1) is 9.24. The Morgan fingerprint density at radius 1 is 1.16 bits per heavy atom. The number of rotatable bonds is 4. The molecule has 3 nitrogen and oxygen atoms in total. The molecule has 1 N–H and O–H groups in total. The van der Waals surface area contributed by atoms with Gasteiger partial charge in [0, 0.05) is 17.5 Å². The van der Waals surface area contributed by atoms with Crippen molar-refractivity contribution in [2.75, 3.05) is 0 Å². The van der Waals surface area contributed by atoms with Gasteiger partial charge in [0.05, 0.1) is 12.3 Å². The zero-order valence-electron chi connectivity index (χ0n) is 11.1. The quantitative estimate of drug-likeness (QED) is 0.759. The highest BCUT2D eigenvalue weighted by atomic mass is 16.3. The molecular weight excluding hydrogens is 238 g/mol. The second-order valence-electron chi connectivity index (χ2n) is 4.81. The van der Waals surface area contributed by atoms with Crippen molar-refractivity contribution in [3.8, 4) is 0 Å². The van der Waals surface area contributed by atoms with Gasteiger partial charge in [-0.1, -0.05) is 18.2 Å². The lowest BCUT2D eigenvalue weighted by atomic mass is 10.1. The van der Waals surface area contributed by atoms with Crippen molar-refractivity contribution in [3.63, 3.8) is 0 Å². The maximum Gasteiger partial charge on any atom is 0.134 e. The Kier molecular flexibility index (Phi) is 3.13. The maximum absolute atomic E-state index is 5.62. The average Bonchev–Trinajstić information content (AvgIpc) is 3.02. The first-order valence-electron chi connectivity index (χ1n) is 6.49. The third-order valence-corrected chi connectivity index (χ3v) is 3.35. The Labute approximate surface area is 112 Å². The lowest BCUT2D eigenvalue weighted by molar-refractivity contribution is 0.415. The average molecular weight is 255 g/mol. The minimum Gasteiger partial charge on any atom is -0.465 e. The summed E-state index contributed by atoms with van der Waals surface area (Å²) in [7, 11) is 0. The van der Waals surface area contributed by atoms with Gasteiger partial charge < -0.3 is 14.2 Å². The van der Waals surface area contributed by atoms with Gasteiger partial charge in [0.25, 0.3) is 0 Å². The highest BCUT2D eigenvalue weighted by molar-refractivity contribution is 5.80. The molecule has 0 spiro atoms. The van der Waals surface area contributed by atoms with Gasteiger partial charge in [0.15, 0.2) is 0 Å². The summed E-state index contributed by atoms with van der Waals surface area (Å²) in [5.41, 5.74) is 2.10. The van der Waals surface area contributed by atoms with E-state index >= 15 is 0 Å². The van der Waals surface area contributed by atoms with Crippen molar-refractivity contribution in [2.45, 2.75) is 26.4 Å². The van der Waals surface area contributed by atoms with Gasteiger partial charge >= 0.3 is 0 Å². The van der Waals surface area contributed by atoms with E-state index in [1.54, 1.807) is 0 Å². The maximum atomic E-state index is 5.62. The molecule has 0 radical (unpaired) electrons. The van der Waals surface area contributed by atoms with Crippen LogP contribution in [-0.2, 0) is 6.54 Å². The molecule has 0 aliphatic carbocycles. The number of benzene rings is 1. The van der Waals surface area contributed by atoms with E-state index in [-0.39, 0.29) is 6.04 Å². The van der Waals surface area contributed by atoms with Crippen LogP contribution in [0.3, 0.4) is 0 Å². The van der Waals surface area contributed by atoms with E-state index in [2.05, 4.69) is 18.3 Å². The number of para-hydroxylation sites is 1. The fourth-order valence-electron chi connectivity index (χ4n) is 2.22. The first-order valence-corrected chi connectivity index (χ1v) is 6.49. The highest BCUT2D eigenvalue weighted by Gasteiger charge is 2.10. The van der Waals surface area contributed by atoms with E-state index in [4.69, 9.17) is 8.83 Å². The molecule has 0 aliphatic heterocycles. The molecule has 3 heteroatoms. The third kappa shape index (κ3) is 2.42. The lowest BCUT2D eigenvalue weighted by Gasteiger charge is -2.10. The smallest absolute Gasteiger partial charge is 0.134 e. The number of fused-ring (bicyclic) bond motifs is 1. The Morgan fingerprint density at radius 3 is 2.79 bits per heavy atom. The standard InChI is InChI=1S/C16H17NO2/c1-11-7-8-15(19-11)12(2)17-9-13-10-18-16-6-4-3-5-14(13)16/h3-8,10,12,17H,9H2,1-2H3. The van der Waals surface area contributed by atoms with Crippen LogP contribution in [0.2, 0.25) is 0 Å². The summed E-state index contributed by atoms with van der Waals surface area (Å²) in [4.78, 5) is 0. The minimum atomic E-state index is 0.183. The van der Waals surface area contributed by atoms with E-state index < -0.39 is 0 Å². The van der Waals surface area contributed by atoms with Gasteiger partial charge in [-0.2, -0.15) is 0 Å². The van der Waals surface area contributed by atoms with E-state index in [0.29, 0.717) is 0 Å². The summed E-state index contributed by atoms with van der Waals surface area (Å²) >= 11 is 0. The van der Waals surface area contributed by atoms with Gasteiger partial charge in [-0.05, 0) is 32.0 Å². The molecule has 0 saturated carbocycles. The molecule has 1 aromatic carbocycles. The first kappa shape index (κ1) is 12.1. The number of nitrogens with one attached hydrogen (secondary N) is 1. The summed E-state index contributed by atoms with van der Waals surface area (Å²) in [6, 6.07) is 12.3. The van der Waals surface area contributed by atoms with E-state index in [1.165, 1.54) is 5.56 Å². The minimum absolute atomic E-state index is 0.183. The summed E-state index contributed by atoms with van der Waals surface area (Å²) in [5.74, 6) is 1.91. The monoisotopic (exact) mass is 255 g/mol.